The predicted molar refractivity (Wildman–Crippen MR) is 92.6 cm³/mol. The van der Waals surface area contributed by atoms with E-state index in [9.17, 15) is 0 Å². The minimum absolute atomic E-state index is 0.597. The zero-order valence-electron chi connectivity index (χ0n) is 13.3. The Morgan fingerprint density at radius 2 is 1.90 bits per heavy atom. The van der Waals surface area contributed by atoms with Crippen LogP contribution in [0.4, 0.5) is 0 Å². The number of halogens is 2. The highest BCUT2D eigenvalue weighted by atomic mass is 35.5. The van der Waals surface area contributed by atoms with Gasteiger partial charge in [-0.3, -0.25) is 0 Å². The van der Waals surface area contributed by atoms with Crippen LogP contribution in [-0.4, -0.2) is 13.2 Å². The molecule has 0 amide bonds. The summed E-state index contributed by atoms with van der Waals surface area (Å²) in [6, 6.07) is 3.68. The average molecular weight is 332 g/mol. The Hall–Kier alpha value is -0.440. The fourth-order valence-electron chi connectivity index (χ4n) is 2.11. The fourth-order valence-corrected chi connectivity index (χ4v) is 2.70. The number of benzene rings is 1. The van der Waals surface area contributed by atoms with Gasteiger partial charge >= 0.3 is 0 Å². The van der Waals surface area contributed by atoms with Gasteiger partial charge in [0.1, 0.15) is 5.75 Å². The lowest BCUT2D eigenvalue weighted by molar-refractivity contribution is 0.301. The number of ether oxygens (including phenoxy) is 1. The number of hydrogen-bond donors (Lipinski definition) is 1. The lowest BCUT2D eigenvalue weighted by atomic mass is 10.1. The molecular weight excluding hydrogens is 305 g/mol. The molecule has 0 radical (unpaired) electrons. The molecule has 0 aromatic heterocycles. The van der Waals surface area contributed by atoms with Gasteiger partial charge in [0.05, 0.1) is 11.6 Å². The molecule has 0 atom stereocenters. The molecule has 0 aliphatic heterocycles. The molecule has 0 spiro atoms. The Labute approximate surface area is 139 Å². The molecule has 0 saturated carbocycles. The average Bonchev–Trinajstić information content (AvgIpc) is 2.40. The van der Waals surface area contributed by atoms with Crippen molar-refractivity contribution in [3.05, 3.63) is 27.7 Å². The normalized spacial score (nSPS) is 11.1. The van der Waals surface area contributed by atoms with Crippen LogP contribution in [0.3, 0.4) is 0 Å². The Morgan fingerprint density at radius 3 is 2.57 bits per heavy atom. The molecule has 0 fully saturated rings. The maximum atomic E-state index is 6.28. The van der Waals surface area contributed by atoms with E-state index in [1.54, 1.807) is 6.07 Å². The second-order valence-electron chi connectivity index (χ2n) is 5.81. The van der Waals surface area contributed by atoms with Crippen molar-refractivity contribution in [2.75, 3.05) is 13.2 Å². The first kappa shape index (κ1) is 18.6. The molecule has 0 bridgehead atoms. The summed E-state index contributed by atoms with van der Waals surface area (Å²) in [5, 5.41) is 4.66. The van der Waals surface area contributed by atoms with Crippen LogP contribution in [-0.2, 0) is 6.54 Å². The van der Waals surface area contributed by atoms with Crippen molar-refractivity contribution in [3.63, 3.8) is 0 Å². The van der Waals surface area contributed by atoms with Gasteiger partial charge in [0.2, 0.25) is 0 Å². The third-order valence-corrected chi connectivity index (χ3v) is 3.70. The second-order valence-corrected chi connectivity index (χ2v) is 6.65. The highest BCUT2D eigenvalue weighted by molar-refractivity contribution is 6.35. The van der Waals surface area contributed by atoms with Gasteiger partial charge in [-0.2, -0.15) is 0 Å². The van der Waals surface area contributed by atoms with Crippen LogP contribution in [0.25, 0.3) is 0 Å². The number of nitrogens with one attached hydrogen (secondary N) is 1. The third kappa shape index (κ3) is 7.39. The van der Waals surface area contributed by atoms with Crippen molar-refractivity contribution < 1.29 is 4.74 Å². The number of unbranched alkanes of at least 4 members (excludes halogenated alkanes) is 3. The summed E-state index contributed by atoms with van der Waals surface area (Å²) in [5.74, 6) is 1.38. The molecule has 1 aromatic rings. The van der Waals surface area contributed by atoms with Crippen molar-refractivity contribution >= 4 is 23.2 Å². The first-order valence-electron chi connectivity index (χ1n) is 7.86. The van der Waals surface area contributed by atoms with Gasteiger partial charge in [-0.05, 0) is 31.0 Å². The van der Waals surface area contributed by atoms with E-state index in [1.165, 1.54) is 19.3 Å². The van der Waals surface area contributed by atoms with E-state index in [-0.39, 0.29) is 0 Å². The smallest absolute Gasteiger partial charge is 0.142 e. The van der Waals surface area contributed by atoms with Gasteiger partial charge in [-0.25, -0.2) is 0 Å². The van der Waals surface area contributed by atoms with Crippen LogP contribution >= 0.6 is 23.2 Å². The molecule has 21 heavy (non-hydrogen) atoms. The third-order valence-electron chi connectivity index (χ3n) is 3.20. The number of hydrogen-bond acceptors (Lipinski definition) is 2. The SMILES string of the molecule is CCCCCCOc1c(Cl)cc(Cl)cc1CNCC(C)C. The first-order valence-corrected chi connectivity index (χ1v) is 8.61. The van der Waals surface area contributed by atoms with E-state index < -0.39 is 0 Å². The van der Waals surface area contributed by atoms with Gasteiger partial charge in [0, 0.05) is 17.1 Å². The molecule has 0 aliphatic rings. The molecule has 0 saturated heterocycles. The predicted octanol–water partition coefficient (Wildman–Crippen LogP) is 5.70. The summed E-state index contributed by atoms with van der Waals surface area (Å²) < 4.78 is 5.90. The fraction of sp³-hybridized carbons (Fsp3) is 0.647. The molecule has 2 nitrogen and oxygen atoms in total. The molecule has 0 aliphatic carbocycles. The van der Waals surface area contributed by atoms with Crippen molar-refractivity contribution in [3.8, 4) is 5.75 Å². The molecular formula is C17H27Cl2NO. The maximum Gasteiger partial charge on any atom is 0.142 e. The van der Waals surface area contributed by atoms with E-state index in [1.807, 2.05) is 6.07 Å². The van der Waals surface area contributed by atoms with Crippen molar-refractivity contribution in [1.82, 2.24) is 5.32 Å². The highest BCUT2D eigenvalue weighted by Crippen LogP contribution is 2.32. The van der Waals surface area contributed by atoms with Crippen molar-refractivity contribution in [2.45, 2.75) is 53.0 Å². The Bertz CT molecular complexity index is 421. The van der Waals surface area contributed by atoms with Crippen molar-refractivity contribution in [2.24, 2.45) is 5.92 Å². The van der Waals surface area contributed by atoms with Crippen LogP contribution in [0.2, 0.25) is 10.0 Å². The summed E-state index contributed by atoms with van der Waals surface area (Å²) in [5.41, 5.74) is 1.03. The monoisotopic (exact) mass is 331 g/mol. The second kappa shape index (κ2) is 10.3. The molecule has 1 N–H and O–H groups in total. The van der Waals surface area contributed by atoms with Gasteiger partial charge in [-0.1, -0.05) is 63.2 Å². The molecule has 1 aromatic carbocycles. The topological polar surface area (TPSA) is 21.3 Å². The molecule has 0 unspecified atom stereocenters. The minimum Gasteiger partial charge on any atom is -0.492 e. The van der Waals surface area contributed by atoms with Gasteiger partial charge in [0.25, 0.3) is 0 Å². The van der Waals surface area contributed by atoms with E-state index in [0.29, 0.717) is 22.6 Å². The summed E-state index contributed by atoms with van der Waals surface area (Å²) in [6.07, 6.45) is 4.74. The first-order chi connectivity index (χ1) is 10.0. The molecule has 4 heteroatoms. The summed E-state index contributed by atoms with van der Waals surface area (Å²) in [6.45, 7) is 8.96. The zero-order chi connectivity index (χ0) is 15.7. The number of rotatable bonds is 10. The summed E-state index contributed by atoms with van der Waals surface area (Å²) >= 11 is 12.4. The van der Waals surface area contributed by atoms with E-state index >= 15 is 0 Å². The van der Waals surface area contributed by atoms with Crippen molar-refractivity contribution in [1.29, 1.82) is 0 Å². The minimum atomic E-state index is 0.597. The van der Waals surface area contributed by atoms with Crippen LogP contribution in [0.15, 0.2) is 12.1 Å². The zero-order valence-corrected chi connectivity index (χ0v) is 14.9. The van der Waals surface area contributed by atoms with Crippen LogP contribution < -0.4 is 10.1 Å². The van der Waals surface area contributed by atoms with Crippen LogP contribution in [0.1, 0.15) is 52.0 Å². The highest BCUT2D eigenvalue weighted by Gasteiger charge is 2.11. The molecule has 1 rings (SSSR count). The lowest BCUT2D eigenvalue weighted by Crippen LogP contribution is -2.19. The maximum absolute atomic E-state index is 6.28. The Kier molecular flexibility index (Phi) is 9.14. The van der Waals surface area contributed by atoms with Gasteiger partial charge in [0.15, 0.2) is 0 Å². The van der Waals surface area contributed by atoms with Gasteiger partial charge < -0.3 is 10.1 Å². The van der Waals surface area contributed by atoms with Gasteiger partial charge in [-0.15, -0.1) is 0 Å². The summed E-state index contributed by atoms with van der Waals surface area (Å²) in [7, 11) is 0. The van der Waals surface area contributed by atoms with E-state index in [4.69, 9.17) is 27.9 Å². The Balaban J connectivity index is 2.62. The van der Waals surface area contributed by atoms with E-state index in [0.717, 1.165) is 30.8 Å². The molecule has 120 valence electrons. The summed E-state index contributed by atoms with van der Waals surface area (Å²) in [4.78, 5) is 0. The van der Waals surface area contributed by atoms with Crippen LogP contribution in [0.5, 0.6) is 5.75 Å². The lowest BCUT2D eigenvalue weighted by Gasteiger charge is -2.15. The molecule has 0 heterocycles. The van der Waals surface area contributed by atoms with E-state index in [2.05, 4.69) is 26.1 Å². The largest absolute Gasteiger partial charge is 0.492 e. The van der Waals surface area contributed by atoms with Crippen LogP contribution in [0, 0.1) is 5.92 Å². The Morgan fingerprint density at radius 1 is 1.14 bits per heavy atom. The standard InChI is InChI=1S/C17H27Cl2NO/c1-4-5-6-7-8-21-17-14(12-20-11-13(2)3)9-15(18)10-16(17)19/h9-10,13,20H,4-8,11-12H2,1-3H3. The quantitative estimate of drug-likeness (QED) is 0.555.